The van der Waals surface area contributed by atoms with E-state index in [1.165, 1.54) is 0 Å². The van der Waals surface area contributed by atoms with E-state index in [9.17, 15) is 9.90 Å². The fourth-order valence-electron chi connectivity index (χ4n) is 3.90. The van der Waals surface area contributed by atoms with Crippen molar-refractivity contribution in [2.75, 3.05) is 13.2 Å². The lowest BCUT2D eigenvalue weighted by Gasteiger charge is -2.26. The van der Waals surface area contributed by atoms with Gasteiger partial charge in [-0.3, -0.25) is 15.0 Å². The molecule has 2 aliphatic heterocycles. The highest BCUT2D eigenvalue weighted by Gasteiger charge is 2.38. The number of unbranched alkanes of at least 4 members (excludes halogenated alkanes) is 1. The zero-order valence-electron chi connectivity index (χ0n) is 17.9. The lowest BCUT2D eigenvalue weighted by atomic mass is 9.85. The van der Waals surface area contributed by atoms with Gasteiger partial charge in [-0.25, -0.2) is 10.5 Å². The number of carbonyl (C=O) groups is 1. The predicted molar refractivity (Wildman–Crippen MR) is 123 cm³/mol. The maximum atomic E-state index is 12.2. The minimum absolute atomic E-state index is 0.0583. The molecule has 0 radical (unpaired) electrons. The summed E-state index contributed by atoms with van der Waals surface area (Å²) in [7, 11) is 0. The molecule has 4 rings (SSSR count). The van der Waals surface area contributed by atoms with Gasteiger partial charge in [0, 0.05) is 18.2 Å². The summed E-state index contributed by atoms with van der Waals surface area (Å²) in [5, 5.41) is 28.8. The first kappa shape index (κ1) is 22.4. The third-order valence-corrected chi connectivity index (χ3v) is 5.64. The predicted octanol–water partition coefficient (Wildman–Crippen LogP) is 1.29. The number of hydroxylamine groups is 1. The van der Waals surface area contributed by atoms with Gasteiger partial charge >= 0.3 is 0 Å². The molecule has 5 N–H and O–H groups in total. The SMILES string of the molecule is O=C(NO)C1=C(O)C(c2ccc(-c3ccc(OCCCCO)cc3)cc2)=NC2C=C[NH+]=CC12. The summed E-state index contributed by atoms with van der Waals surface area (Å²) in [4.78, 5) is 19.8. The number of amides is 1. The number of nitrogens with zero attached hydrogens (tertiary/aromatic N) is 1. The molecule has 170 valence electrons. The molecule has 2 atom stereocenters. The van der Waals surface area contributed by atoms with Gasteiger partial charge < -0.3 is 14.9 Å². The van der Waals surface area contributed by atoms with E-state index >= 15 is 0 Å². The van der Waals surface area contributed by atoms with Crippen LogP contribution in [0.25, 0.3) is 11.1 Å². The second kappa shape index (κ2) is 10.2. The molecule has 8 nitrogen and oxygen atoms in total. The fraction of sp³-hybridized carbons (Fsp3) is 0.240. The second-order valence-electron chi connectivity index (χ2n) is 7.77. The summed E-state index contributed by atoms with van der Waals surface area (Å²) in [5.74, 6) is -0.740. The number of aliphatic hydroxyl groups excluding tert-OH is 2. The molecule has 2 aliphatic rings. The van der Waals surface area contributed by atoms with Crippen molar-refractivity contribution in [1.82, 2.24) is 5.48 Å². The van der Waals surface area contributed by atoms with Crippen LogP contribution in [-0.4, -0.2) is 52.5 Å². The molecule has 2 heterocycles. The Balaban J connectivity index is 1.54. The highest BCUT2D eigenvalue weighted by molar-refractivity contribution is 6.17. The van der Waals surface area contributed by atoms with Gasteiger partial charge in [0.15, 0.2) is 18.2 Å². The number of nitrogens with one attached hydrogen (secondary N) is 2. The standard InChI is InChI=1S/C25H25N3O5/c29-13-1-2-14-33-19-9-7-17(8-10-19)16-3-5-18(6-4-16)23-24(30)22(25(31)28-32)20-15-26-12-11-21(20)27-23/h3-12,15,20-21,29-30,32H,1-2,13-14H2,(H,28,31)/p+1. The zero-order chi connectivity index (χ0) is 23.2. The van der Waals surface area contributed by atoms with Crippen molar-refractivity contribution in [3.05, 3.63) is 77.7 Å². The van der Waals surface area contributed by atoms with Crippen LogP contribution in [0.4, 0.5) is 0 Å². The van der Waals surface area contributed by atoms with E-state index in [-0.39, 0.29) is 24.0 Å². The Morgan fingerprint density at radius 2 is 1.70 bits per heavy atom. The van der Waals surface area contributed by atoms with Gasteiger partial charge in [0.1, 0.15) is 11.5 Å². The molecular formula is C25H26N3O5+. The number of dihydropyridines is 1. The molecule has 1 amide bonds. The molecule has 0 spiro atoms. The molecule has 2 aromatic carbocycles. The molecule has 0 fully saturated rings. The summed E-state index contributed by atoms with van der Waals surface area (Å²) in [5.41, 5.74) is 4.62. The molecule has 0 bridgehead atoms. The number of hydrogen-bond acceptors (Lipinski definition) is 6. The van der Waals surface area contributed by atoms with Gasteiger partial charge in [0.05, 0.1) is 24.1 Å². The molecule has 33 heavy (non-hydrogen) atoms. The molecule has 2 unspecified atom stereocenters. The third kappa shape index (κ3) is 4.87. The second-order valence-corrected chi connectivity index (χ2v) is 7.77. The van der Waals surface area contributed by atoms with Crippen molar-refractivity contribution >= 4 is 17.8 Å². The number of hydrogen-bond donors (Lipinski definition) is 5. The smallest absolute Gasteiger partial charge is 0.275 e. The molecule has 2 aromatic rings. The number of fused-ring (bicyclic) bond motifs is 1. The lowest BCUT2D eigenvalue weighted by Crippen LogP contribution is -2.66. The largest absolute Gasteiger partial charge is 0.505 e. The van der Waals surface area contributed by atoms with Crippen molar-refractivity contribution in [3.63, 3.8) is 0 Å². The molecule has 0 saturated carbocycles. The van der Waals surface area contributed by atoms with Crippen LogP contribution in [0.3, 0.4) is 0 Å². The van der Waals surface area contributed by atoms with Crippen LogP contribution in [0.5, 0.6) is 5.75 Å². The summed E-state index contributed by atoms with van der Waals surface area (Å²) in [6.07, 6.45) is 6.72. The van der Waals surface area contributed by atoms with Crippen molar-refractivity contribution in [3.8, 4) is 16.9 Å². The van der Waals surface area contributed by atoms with E-state index in [2.05, 4.69) is 9.98 Å². The summed E-state index contributed by atoms with van der Waals surface area (Å²) < 4.78 is 5.67. The third-order valence-electron chi connectivity index (χ3n) is 5.64. The first-order valence-corrected chi connectivity index (χ1v) is 10.8. The summed E-state index contributed by atoms with van der Waals surface area (Å²) in [6, 6.07) is 14.9. The fourth-order valence-corrected chi connectivity index (χ4v) is 3.90. The number of aliphatic hydroxyl groups is 2. The molecule has 0 aliphatic carbocycles. The van der Waals surface area contributed by atoms with Crippen LogP contribution in [-0.2, 0) is 4.79 Å². The van der Waals surface area contributed by atoms with Crippen molar-refractivity contribution in [2.24, 2.45) is 10.9 Å². The van der Waals surface area contributed by atoms with E-state index in [4.69, 9.17) is 15.1 Å². The van der Waals surface area contributed by atoms with Crippen molar-refractivity contribution in [1.29, 1.82) is 0 Å². The molecular weight excluding hydrogens is 422 g/mol. The van der Waals surface area contributed by atoms with Crippen LogP contribution in [0.15, 0.2) is 77.1 Å². The van der Waals surface area contributed by atoms with E-state index in [1.807, 2.05) is 54.6 Å². The highest BCUT2D eigenvalue weighted by Crippen LogP contribution is 2.30. The topological polar surface area (TPSA) is 125 Å². The van der Waals surface area contributed by atoms with Gasteiger partial charge in [-0.15, -0.1) is 0 Å². The van der Waals surface area contributed by atoms with Gasteiger partial charge in [0.2, 0.25) is 0 Å². The van der Waals surface area contributed by atoms with Crippen molar-refractivity contribution in [2.45, 2.75) is 18.9 Å². The van der Waals surface area contributed by atoms with Crippen LogP contribution in [0.1, 0.15) is 18.4 Å². The van der Waals surface area contributed by atoms with Gasteiger partial charge in [-0.1, -0.05) is 36.4 Å². The van der Waals surface area contributed by atoms with E-state index < -0.39 is 11.8 Å². The van der Waals surface area contributed by atoms with E-state index in [1.54, 1.807) is 17.9 Å². The first-order chi connectivity index (χ1) is 16.1. The highest BCUT2D eigenvalue weighted by atomic mass is 16.5. The first-order valence-electron chi connectivity index (χ1n) is 10.8. The normalized spacial score (nSPS) is 19.2. The Morgan fingerprint density at radius 1 is 1.03 bits per heavy atom. The average Bonchev–Trinajstić information content (AvgIpc) is 2.86. The number of allylic oxidation sites excluding steroid dienone is 1. The van der Waals surface area contributed by atoms with Gasteiger partial charge in [0.25, 0.3) is 5.91 Å². The lowest BCUT2D eigenvalue weighted by molar-refractivity contribution is -0.372. The van der Waals surface area contributed by atoms with Crippen LogP contribution in [0.2, 0.25) is 0 Å². The monoisotopic (exact) mass is 448 g/mol. The number of rotatable bonds is 8. The molecule has 0 saturated heterocycles. The number of benzene rings is 2. The Hall–Kier alpha value is -3.75. The minimum Gasteiger partial charge on any atom is -0.505 e. The molecule has 8 heteroatoms. The van der Waals surface area contributed by atoms with Crippen LogP contribution < -0.4 is 15.2 Å². The number of carbonyl (C=O) groups excluding carboxylic acids is 1. The summed E-state index contributed by atoms with van der Waals surface area (Å²) in [6.45, 7) is 0.733. The van der Waals surface area contributed by atoms with Crippen LogP contribution in [0, 0.1) is 5.92 Å². The number of aliphatic imine (C=N–C) groups is 1. The van der Waals surface area contributed by atoms with E-state index in [0.717, 1.165) is 29.7 Å². The van der Waals surface area contributed by atoms with Crippen LogP contribution >= 0.6 is 0 Å². The van der Waals surface area contributed by atoms with Gasteiger partial charge in [-0.05, 0) is 36.1 Å². The summed E-state index contributed by atoms with van der Waals surface area (Å²) >= 11 is 0. The number of ether oxygens (including phenoxy) is 1. The maximum absolute atomic E-state index is 12.2. The Kier molecular flexibility index (Phi) is 6.97. The van der Waals surface area contributed by atoms with Gasteiger partial charge in [-0.2, -0.15) is 0 Å². The Labute approximate surface area is 191 Å². The molecule has 0 aromatic heterocycles. The average molecular weight is 448 g/mol. The quantitative estimate of drug-likeness (QED) is 0.236. The van der Waals surface area contributed by atoms with E-state index in [0.29, 0.717) is 17.9 Å². The minimum atomic E-state index is -0.765. The maximum Gasteiger partial charge on any atom is 0.275 e. The Morgan fingerprint density at radius 3 is 2.36 bits per heavy atom. The zero-order valence-corrected chi connectivity index (χ0v) is 17.9. The van der Waals surface area contributed by atoms with Crippen molar-refractivity contribution < 1.29 is 29.9 Å². The Bertz CT molecular complexity index is 1120.